The molecule has 0 saturated carbocycles. The largest absolute Gasteiger partial charge is 0.493 e. The number of methoxy groups -OCH3 is 2. The zero-order valence-electron chi connectivity index (χ0n) is 24.2. The topological polar surface area (TPSA) is 65.1 Å². The van der Waals surface area contributed by atoms with Crippen LogP contribution in [0, 0.1) is 23.7 Å². The highest BCUT2D eigenvalue weighted by atomic mass is 16.5. The highest BCUT2D eigenvalue weighted by Crippen LogP contribution is 2.31. The van der Waals surface area contributed by atoms with Gasteiger partial charge in [0.05, 0.1) is 17.8 Å². The Bertz CT molecular complexity index is 865. The molecule has 0 bridgehead atoms. The molecule has 33 heavy (non-hydrogen) atoms. The number of Topliss-reactive ketones (excluding diaryl/α,β-unsaturated/α-hetero) is 1. The van der Waals surface area contributed by atoms with E-state index in [1.807, 2.05) is 39.8 Å². The van der Waals surface area contributed by atoms with E-state index >= 15 is 0 Å². The van der Waals surface area contributed by atoms with Gasteiger partial charge in [-0.3, -0.25) is 9.59 Å². The van der Waals surface area contributed by atoms with Gasteiger partial charge in [0.1, 0.15) is 0 Å². The third-order valence-electron chi connectivity index (χ3n) is 5.74. The van der Waals surface area contributed by atoms with Crippen LogP contribution in [0.1, 0.15) is 61.4 Å². The van der Waals surface area contributed by atoms with Gasteiger partial charge in [0, 0.05) is 51.6 Å². The molecule has 2 atom stereocenters. The molecule has 0 radical (unpaired) electrons. The van der Waals surface area contributed by atoms with Gasteiger partial charge in [0.25, 0.3) is 0 Å². The Morgan fingerprint density at radius 2 is 1.64 bits per heavy atom. The Kier molecular flexibility index (Phi) is 10.6. The van der Waals surface area contributed by atoms with Crippen molar-refractivity contribution in [1.82, 2.24) is 4.90 Å². The molecule has 6 heteroatoms. The van der Waals surface area contributed by atoms with Crippen molar-refractivity contribution in [1.29, 1.82) is 0 Å². The van der Waals surface area contributed by atoms with Crippen molar-refractivity contribution < 1.29 is 27.9 Å². The summed E-state index contributed by atoms with van der Waals surface area (Å²) >= 11 is 0. The highest BCUT2D eigenvalue weighted by molar-refractivity contribution is 5.98. The van der Waals surface area contributed by atoms with Crippen LogP contribution < -0.4 is 9.47 Å². The number of hydrogen-bond donors (Lipinski definition) is 0. The first-order chi connectivity index (χ1) is 16.8. The first-order valence-corrected chi connectivity index (χ1v) is 11.6. The zero-order valence-corrected chi connectivity index (χ0v) is 21.2. The van der Waals surface area contributed by atoms with Gasteiger partial charge in [0.15, 0.2) is 17.3 Å². The van der Waals surface area contributed by atoms with Crippen LogP contribution in [-0.4, -0.2) is 58.0 Å². The fourth-order valence-electron chi connectivity index (χ4n) is 3.62. The minimum atomic E-state index is -2.64. The van der Waals surface area contributed by atoms with E-state index in [4.69, 9.17) is 18.3 Å². The second-order valence-electron chi connectivity index (χ2n) is 9.20. The van der Waals surface area contributed by atoms with Gasteiger partial charge in [-0.1, -0.05) is 39.8 Å². The van der Waals surface area contributed by atoms with E-state index in [1.54, 1.807) is 38.2 Å². The van der Waals surface area contributed by atoms with Crippen molar-refractivity contribution in [2.75, 3.05) is 41.5 Å². The normalized spacial score (nSPS) is 15.1. The fourth-order valence-corrected chi connectivity index (χ4v) is 3.62. The standard InChI is InChI=1S/C27H43NO5/c1-19(2)22(12-9-10-13-23(20(3)4)27(30)28(5)6)26(29)21-14-15-24(32-8)25(18-21)33-17-11-16-31-7/h9-10,14-15,18-20,22-23H,11-13,16-17H2,1-8H3/b10-9+/t22?,23-/m0/s1/i8D3. The van der Waals surface area contributed by atoms with Crippen LogP contribution in [0.15, 0.2) is 30.4 Å². The van der Waals surface area contributed by atoms with Gasteiger partial charge in [-0.25, -0.2) is 0 Å². The average Bonchev–Trinajstić information content (AvgIpc) is 2.77. The van der Waals surface area contributed by atoms with Crippen LogP contribution in [0.4, 0.5) is 0 Å². The summed E-state index contributed by atoms with van der Waals surface area (Å²) in [5, 5.41) is 0. The van der Waals surface area contributed by atoms with Gasteiger partial charge < -0.3 is 19.1 Å². The molecule has 1 aromatic rings. The zero-order chi connectivity index (χ0) is 27.5. The lowest BCUT2D eigenvalue weighted by Gasteiger charge is -2.22. The predicted octanol–water partition coefficient (Wildman–Crippen LogP) is 5.26. The van der Waals surface area contributed by atoms with Crippen molar-refractivity contribution in [3.63, 3.8) is 0 Å². The molecular weight excluding hydrogens is 418 g/mol. The minimum absolute atomic E-state index is 0.0541. The van der Waals surface area contributed by atoms with Crippen molar-refractivity contribution in [3.8, 4) is 11.5 Å². The first-order valence-electron chi connectivity index (χ1n) is 13.1. The molecule has 0 fully saturated rings. The Hall–Kier alpha value is -2.34. The van der Waals surface area contributed by atoms with Crippen LogP contribution in [0.2, 0.25) is 0 Å². The summed E-state index contributed by atoms with van der Waals surface area (Å²) in [5.74, 6) is 0.237. The van der Waals surface area contributed by atoms with Gasteiger partial charge in [-0.2, -0.15) is 0 Å². The van der Waals surface area contributed by atoms with Gasteiger partial charge in [-0.15, -0.1) is 0 Å². The smallest absolute Gasteiger partial charge is 0.225 e. The first kappa shape index (κ1) is 23.8. The number of allylic oxidation sites excluding steroid dienone is 2. The number of carbonyl (C=O) groups excluding carboxylic acids is 2. The third kappa shape index (κ3) is 9.20. The molecule has 1 aromatic carbocycles. The Balaban J connectivity index is 3.05. The predicted molar refractivity (Wildman–Crippen MR) is 133 cm³/mol. The maximum absolute atomic E-state index is 13.4. The van der Waals surface area contributed by atoms with E-state index in [1.165, 1.54) is 6.07 Å². The van der Waals surface area contributed by atoms with Crippen LogP contribution in [0.25, 0.3) is 0 Å². The quantitative estimate of drug-likeness (QED) is 0.201. The molecule has 6 nitrogen and oxygen atoms in total. The van der Waals surface area contributed by atoms with Crippen LogP contribution in [0.3, 0.4) is 0 Å². The van der Waals surface area contributed by atoms with E-state index in [-0.39, 0.29) is 46.9 Å². The lowest BCUT2D eigenvalue weighted by Crippen LogP contribution is -2.32. The number of benzene rings is 1. The summed E-state index contributed by atoms with van der Waals surface area (Å²) in [6, 6.07) is 4.60. The molecule has 0 aliphatic heterocycles. The van der Waals surface area contributed by atoms with Gasteiger partial charge in [-0.05, 0) is 42.9 Å². The number of amides is 1. The van der Waals surface area contributed by atoms with E-state index in [2.05, 4.69) is 0 Å². The molecule has 0 spiro atoms. The van der Waals surface area contributed by atoms with Crippen LogP contribution in [0.5, 0.6) is 11.5 Å². The molecule has 0 aromatic heterocycles. The number of rotatable bonds is 15. The maximum Gasteiger partial charge on any atom is 0.225 e. The number of hydrogen-bond acceptors (Lipinski definition) is 5. The average molecular weight is 465 g/mol. The Morgan fingerprint density at radius 1 is 1.00 bits per heavy atom. The minimum Gasteiger partial charge on any atom is -0.493 e. The monoisotopic (exact) mass is 464 g/mol. The summed E-state index contributed by atoms with van der Waals surface area (Å²) in [6.45, 7) is 8.85. The SMILES string of the molecule is [2H]C([2H])([2H])Oc1ccc(C(=O)C(C/C=C/C[C@H](C(=O)N(C)C)C(C)C)C(C)C)cc1OCCCOC. The molecule has 0 aliphatic carbocycles. The Morgan fingerprint density at radius 3 is 2.18 bits per heavy atom. The lowest BCUT2D eigenvalue weighted by molar-refractivity contribution is -0.134. The summed E-state index contributed by atoms with van der Waals surface area (Å²) in [7, 11) is 2.48. The number of ether oxygens (including phenoxy) is 3. The van der Waals surface area contributed by atoms with Crippen LogP contribution >= 0.6 is 0 Å². The van der Waals surface area contributed by atoms with Crippen molar-refractivity contribution in [2.45, 2.75) is 47.0 Å². The maximum atomic E-state index is 13.4. The highest BCUT2D eigenvalue weighted by Gasteiger charge is 2.25. The molecule has 1 rings (SSSR count). The van der Waals surface area contributed by atoms with E-state index < -0.39 is 7.04 Å². The molecule has 0 N–H and O–H groups in total. The van der Waals surface area contributed by atoms with E-state index in [9.17, 15) is 9.59 Å². The summed E-state index contributed by atoms with van der Waals surface area (Å²) in [6.07, 6.45) is 5.74. The van der Waals surface area contributed by atoms with Gasteiger partial charge in [0.2, 0.25) is 5.91 Å². The molecule has 0 aliphatic rings. The van der Waals surface area contributed by atoms with Crippen molar-refractivity contribution in [3.05, 3.63) is 35.9 Å². The molecule has 1 unspecified atom stereocenters. The molecule has 1 amide bonds. The number of nitrogens with zero attached hydrogens (tertiary/aromatic N) is 1. The fraction of sp³-hybridized carbons (Fsp3) is 0.630. The second-order valence-corrected chi connectivity index (χ2v) is 9.20. The van der Waals surface area contributed by atoms with Crippen LogP contribution in [-0.2, 0) is 9.53 Å². The Labute approximate surface area is 204 Å². The number of carbonyl (C=O) groups is 2. The summed E-state index contributed by atoms with van der Waals surface area (Å²) < 4.78 is 38.1. The number of ketones is 1. The van der Waals surface area contributed by atoms with E-state index in [0.717, 1.165) is 0 Å². The molecule has 0 heterocycles. The molecule has 0 saturated heterocycles. The van der Waals surface area contributed by atoms with Crippen molar-refractivity contribution >= 4 is 11.7 Å². The lowest BCUT2D eigenvalue weighted by atomic mass is 9.84. The van der Waals surface area contributed by atoms with Crippen molar-refractivity contribution in [2.24, 2.45) is 23.7 Å². The third-order valence-corrected chi connectivity index (χ3v) is 5.74. The molecule has 186 valence electrons. The molecular formula is C27H43NO5. The van der Waals surface area contributed by atoms with Gasteiger partial charge >= 0.3 is 0 Å². The second kappa shape index (κ2) is 14.7. The van der Waals surface area contributed by atoms with E-state index in [0.29, 0.717) is 38.0 Å². The summed E-state index contributed by atoms with van der Waals surface area (Å²) in [4.78, 5) is 27.5. The summed E-state index contributed by atoms with van der Waals surface area (Å²) in [5.41, 5.74) is 0.435.